The third-order valence-corrected chi connectivity index (χ3v) is 2.23. The first-order valence-corrected chi connectivity index (χ1v) is 5.21. The molecule has 1 aromatic carbocycles. The van der Waals surface area contributed by atoms with E-state index in [1.54, 1.807) is 6.07 Å². The molecule has 0 saturated carbocycles. The summed E-state index contributed by atoms with van der Waals surface area (Å²) in [6.07, 6.45) is -4.74. The highest BCUT2D eigenvalue weighted by atomic mass is 19.4. The van der Waals surface area contributed by atoms with E-state index in [0.717, 1.165) is 13.2 Å². The second kappa shape index (κ2) is 5.61. The summed E-state index contributed by atoms with van der Waals surface area (Å²) in [4.78, 5) is 11.5. The molecule has 0 heterocycles. The van der Waals surface area contributed by atoms with Gasteiger partial charge < -0.3 is 9.47 Å². The molecule has 19 heavy (non-hydrogen) atoms. The van der Waals surface area contributed by atoms with Gasteiger partial charge in [0.1, 0.15) is 11.8 Å². The Balaban J connectivity index is 3.48. The van der Waals surface area contributed by atoms with Crippen molar-refractivity contribution in [3.63, 3.8) is 0 Å². The number of benzene rings is 1. The van der Waals surface area contributed by atoms with Crippen LogP contribution in [-0.2, 0) is 10.9 Å². The van der Waals surface area contributed by atoms with Crippen LogP contribution in [-0.4, -0.2) is 19.7 Å². The van der Waals surface area contributed by atoms with Crippen molar-refractivity contribution in [2.24, 2.45) is 0 Å². The fraction of sp³-hybridized carbons (Fsp3) is 0.333. The zero-order valence-electron chi connectivity index (χ0n) is 10.2. The summed E-state index contributed by atoms with van der Waals surface area (Å²) in [6.45, 7) is 1.55. The van der Waals surface area contributed by atoms with Crippen molar-refractivity contribution in [1.29, 1.82) is 5.26 Å². The molecule has 0 aliphatic carbocycles. The van der Waals surface area contributed by atoms with E-state index in [-0.39, 0.29) is 17.7 Å². The number of alkyl halides is 3. The molecule has 0 bridgehead atoms. The third kappa shape index (κ3) is 3.16. The molecule has 1 aromatic rings. The van der Waals surface area contributed by atoms with Crippen LogP contribution in [0.25, 0.3) is 0 Å². The highest BCUT2D eigenvalue weighted by Crippen LogP contribution is 2.38. The summed E-state index contributed by atoms with van der Waals surface area (Å²) >= 11 is 0. The van der Waals surface area contributed by atoms with Crippen LogP contribution in [0.4, 0.5) is 13.2 Å². The van der Waals surface area contributed by atoms with Gasteiger partial charge in [0.25, 0.3) is 0 Å². The minimum absolute atomic E-state index is 0.0219. The Morgan fingerprint density at radius 1 is 1.42 bits per heavy atom. The zero-order chi connectivity index (χ0) is 14.6. The Hall–Kier alpha value is -2.23. The molecule has 4 nitrogen and oxygen atoms in total. The van der Waals surface area contributed by atoms with Gasteiger partial charge in [-0.15, -0.1) is 0 Å². The van der Waals surface area contributed by atoms with Gasteiger partial charge in [-0.25, -0.2) is 4.79 Å². The van der Waals surface area contributed by atoms with Crippen molar-refractivity contribution in [2.45, 2.75) is 13.1 Å². The predicted octanol–water partition coefficient (Wildman–Crippen LogP) is 2.76. The van der Waals surface area contributed by atoms with Gasteiger partial charge in [-0.05, 0) is 19.1 Å². The summed E-state index contributed by atoms with van der Waals surface area (Å²) in [7, 11) is 1.02. The van der Waals surface area contributed by atoms with Crippen LogP contribution in [0.5, 0.6) is 5.75 Å². The molecule has 0 radical (unpaired) electrons. The Labute approximate surface area is 107 Å². The number of esters is 1. The molecule has 102 valence electrons. The second-order valence-electron chi connectivity index (χ2n) is 3.43. The topological polar surface area (TPSA) is 59.3 Å². The first-order valence-electron chi connectivity index (χ1n) is 5.21. The Bertz CT molecular complexity index is 532. The van der Waals surface area contributed by atoms with Crippen LogP contribution in [0.15, 0.2) is 12.1 Å². The van der Waals surface area contributed by atoms with Gasteiger partial charge in [-0.1, -0.05) is 0 Å². The largest absolute Gasteiger partial charge is 0.495 e. The van der Waals surface area contributed by atoms with E-state index in [1.165, 1.54) is 6.92 Å². The van der Waals surface area contributed by atoms with Crippen molar-refractivity contribution in [1.82, 2.24) is 0 Å². The number of halogens is 3. The van der Waals surface area contributed by atoms with Gasteiger partial charge in [-0.2, -0.15) is 18.4 Å². The summed E-state index contributed by atoms with van der Waals surface area (Å²) in [5.41, 5.74) is -1.90. The predicted molar refractivity (Wildman–Crippen MR) is 58.7 cm³/mol. The minimum Gasteiger partial charge on any atom is -0.495 e. The Morgan fingerprint density at radius 2 is 2.05 bits per heavy atom. The molecule has 0 saturated heterocycles. The zero-order valence-corrected chi connectivity index (χ0v) is 10.2. The average Bonchev–Trinajstić information content (AvgIpc) is 2.36. The van der Waals surface area contributed by atoms with Crippen molar-refractivity contribution in [3.8, 4) is 11.8 Å². The van der Waals surface area contributed by atoms with E-state index < -0.39 is 23.5 Å². The second-order valence-corrected chi connectivity index (χ2v) is 3.43. The Morgan fingerprint density at radius 3 is 2.47 bits per heavy atom. The number of methoxy groups -OCH3 is 1. The van der Waals surface area contributed by atoms with Crippen LogP contribution >= 0.6 is 0 Å². The molecule has 0 fully saturated rings. The number of ether oxygens (including phenoxy) is 2. The van der Waals surface area contributed by atoms with Gasteiger partial charge in [0.05, 0.1) is 30.4 Å². The molecule has 0 N–H and O–H groups in total. The number of hydrogen-bond donors (Lipinski definition) is 0. The minimum atomic E-state index is -4.74. The molecular weight excluding hydrogens is 263 g/mol. The van der Waals surface area contributed by atoms with Crippen LogP contribution in [0, 0.1) is 11.3 Å². The maximum absolute atomic E-state index is 12.8. The van der Waals surface area contributed by atoms with Crippen LogP contribution in [0.3, 0.4) is 0 Å². The summed E-state index contributed by atoms with van der Waals surface area (Å²) in [5, 5.41) is 8.83. The van der Waals surface area contributed by atoms with Crippen LogP contribution in [0.1, 0.15) is 28.4 Å². The van der Waals surface area contributed by atoms with E-state index >= 15 is 0 Å². The lowest BCUT2D eigenvalue weighted by Crippen LogP contribution is -2.12. The standard InChI is InChI=1S/C12H10F3NO3/c1-3-19-11(17)7-4-8(6-16)10(18-2)9(5-7)12(13,14)15/h4-5H,3H2,1-2H3. The molecule has 0 atom stereocenters. The lowest BCUT2D eigenvalue weighted by Gasteiger charge is -2.14. The van der Waals surface area contributed by atoms with E-state index in [0.29, 0.717) is 6.07 Å². The first kappa shape index (κ1) is 14.8. The number of hydrogen-bond acceptors (Lipinski definition) is 4. The summed E-state index contributed by atoms with van der Waals surface area (Å²) in [5.74, 6) is -1.53. The van der Waals surface area contributed by atoms with Crippen molar-refractivity contribution in [2.75, 3.05) is 13.7 Å². The molecule has 1 rings (SSSR count). The van der Waals surface area contributed by atoms with E-state index in [9.17, 15) is 18.0 Å². The Kier molecular flexibility index (Phi) is 4.38. The molecular formula is C12H10F3NO3. The van der Waals surface area contributed by atoms with Crippen LogP contribution in [0.2, 0.25) is 0 Å². The highest BCUT2D eigenvalue weighted by Gasteiger charge is 2.36. The van der Waals surface area contributed by atoms with E-state index in [2.05, 4.69) is 9.47 Å². The van der Waals surface area contributed by atoms with E-state index in [4.69, 9.17) is 5.26 Å². The SMILES string of the molecule is CCOC(=O)c1cc(C#N)c(OC)c(C(F)(F)F)c1. The molecule has 0 amide bonds. The van der Waals surface area contributed by atoms with Gasteiger partial charge in [0.15, 0.2) is 0 Å². The lowest BCUT2D eigenvalue weighted by molar-refractivity contribution is -0.138. The summed E-state index contributed by atoms with van der Waals surface area (Å²) in [6, 6.07) is 3.18. The normalized spacial score (nSPS) is 10.7. The number of nitriles is 1. The number of nitrogens with zero attached hydrogens (tertiary/aromatic N) is 1. The number of carbonyl (C=O) groups is 1. The third-order valence-electron chi connectivity index (χ3n) is 2.23. The average molecular weight is 273 g/mol. The molecule has 0 aliphatic heterocycles. The molecule has 0 aliphatic rings. The fourth-order valence-electron chi connectivity index (χ4n) is 1.47. The summed E-state index contributed by atoms with van der Waals surface area (Å²) < 4.78 is 47.7. The molecule has 0 spiro atoms. The quantitative estimate of drug-likeness (QED) is 0.794. The van der Waals surface area contributed by atoms with Crippen molar-refractivity contribution < 1.29 is 27.4 Å². The van der Waals surface area contributed by atoms with Gasteiger partial charge in [-0.3, -0.25) is 0 Å². The molecule has 0 aromatic heterocycles. The van der Waals surface area contributed by atoms with E-state index in [1.807, 2.05) is 0 Å². The molecule has 0 unspecified atom stereocenters. The van der Waals surface area contributed by atoms with Crippen molar-refractivity contribution >= 4 is 5.97 Å². The maximum Gasteiger partial charge on any atom is 0.420 e. The van der Waals surface area contributed by atoms with Crippen LogP contribution < -0.4 is 4.74 Å². The fourth-order valence-corrected chi connectivity index (χ4v) is 1.47. The highest BCUT2D eigenvalue weighted by molar-refractivity contribution is 5.90. The number of rotatable bonds is 3. The smallest absolute Gasteiger partial charge is 0.420 e. The maximum atomic E-state index is 12.8. The number of carbonyl (C=O) groups excluding carboxylic acids is 1. The molecule has 7 heteroatoms. The van der Waals surface area contributed by atoms with Crippen molar-refractivity contribution in [3.05, 3.63) is 28.8 Å². The first-order chi connectivity index (χ1) is 8.85. The van der Waals surface area contributed by atoms with Gasteiger partial charge in [0, 0.05) is 0 Å². The lowest BCUT2D eigenvalue weighted by atomic mass is 10.0. The van der Waals surface area contributed by atoms with Gasteiger partial charge >= 0.3 is 12.1 Å². The monoisotopic (exact) mass is 273 g/mol. The van der Waals surface area contributed by atoms with Gasteiger partial charge in [0.2, 0.25) is 0 Å².